The highest BCUT2D eigenvalue weighted by Gasteiger charge is 2.21. The number of ketones is 1. The van der Waals surface area contributed by atoms with Gasteiger partial charge in [0.15, 0.2) is 11.6 Å². The van der Waals surface area contributed by atoms with Crippen molar-refractivity contribution >= 4 is 54.8 Å². The van der Waals surface area contributed by atoms with E-state index >= 15 is 0 Å². The smallest absolute Gasteiger partial charge is 0.263 e. The highest BCUT2D eigenvalue weighted by Crippen LogP contribution is 2.30. The highest BCUT2D eigenvalue weighted by molar-refractivity contribution is 9.10. The third kappa shape index (κ3) is 6.30. The second-order valence-electron chi connectivity index (χ2n) is 7.81. The quantitative estimate of drug-likeness (QED) is 0.218. The van der Waals surface area contributed by atoms with Crippen LogP contribution in [0.4, 0.5) is 11.5 Å². The van der Waals surface area contributed by atoms with Crippen LogP contribution in [0.1, 0.15) is 34.1 Å². The lowest BCUT2D eigenvalue weighted by atomic mass is 9.97. The highest BCUT2D eigenvalue weighted by atomic mass is 79.9. The zero-order chi connectivity index (χ0) is 25.0. The molecule has 0 bridgehead atoms. The summed E-state index contributed by atoms with van der Waals surface area (Å²) in [5, 5.41) is 7.51. The van der Waals surface area contributed by atoms with E-state index in [0.29, 0.717) is 22.0 Å². The molecule has 1 aromatic heterocycles. The minimum absolute atomic E-state index is 0.0544. The van der Waals surface area contributed by atoms with Gasteiger partial charge >= 0.3 is 0 Å². The number of aryl methyl sites for hydroxylation is 1. The monoisotopic (exact) mass is 573 g/mol. The molecule has 35 heavy (non-hydrogen) atoms. The first kappa shape index (κ1) is 25.0. The van der Waals surface area contributed by atoms with E-state index < -0.39 is 16.1 Å². The number of hydrogen-bond donors (Lipinski definition) is 2. The Morgan fingerprint density at radius 3 is 2.37 bits per heavy atom. The maximum atomic E-state index is 13.0. The molecule has 0 saturated carbocycles. The molecular weight excluding hydrogens is 554 g/mol. The van der Waals surface area contributed by atoms with Crippen molar-refractivity contribution in [1.29, 1.82) is 0 Å². The summed E-state index contributed by atoms with van der Waals surface area (Å²) >= 11 is 9.82. The summed E-state index contributed by atoms with van der Waals surface area (Å²) in [5.74, 6) is 0.543. The maximum Gasteiger partial charge on any atom is 0.263 e. The Balaban J connectivity index is 1.55. The van der Waals surface area contributed by atoms with E-state index in [1.165, 1.54) is 18.2 Å². The number of benzene rings is 3. The second-order valence-corrected chi connectivity index (χ2v) is 10.8. The van der Waals surface area contributed by atoms with Gasteiger partial charge in [0.05, 0.1) is 10.9 Å². The molecule has 1 atom stereocenters. The number of nitrogens with zero attached hydrogens (tertiary/aromatic N) is 1. The lowest BCUT2D eigenvalue weighted by Crippen LogP contribution is -2.17. The fourth-order valence-corrected chi connectivity index (χ4v) is 4.99. The number of carbonyl (C=O) groups excluding carboxylic acids is 1. The average Bonchev–Trinajstić information content (AvgIpc) is 3.23. The Labute approximate surface area is 216 Å². The minimum Gasteiger partial charge on any atom is -0.378 e. The Kier molecular flexibility index (Phi) is 7.59. The molecule has 3 aromatic carbocycles. The van der Waals surface area contributed by atoms with Crippen LogP contribution in [0, 0.1) is 6.92 Å². The van der Waals surface area contributed by atoms with Crippen LogP contribution in [0.2, 0.25) is 5.02 Å². The molecule has 0 aliphatic rings. The van der Waals surface area contributed by atoms with Crippen molar-refractivity contribution in [2.75, 3.05) is 10.0 Å². The number of sulfonamides is 1. The van der Waals surface area contributed by atoms with Crippen molar-refractivity contribution in [3.05, 3.63) is 105 Å². The SMILES string of the molecule is Cc1cc(NS(=O)(=O)c2ccc(NC(CC(=O)c3ccc(Br)cc3)c3ccccc3Cl)cc2)no1. The minimum atomic E-state index is -3.84. The van der Waals surface area contributed by atoms with Gasteiger partial charge in [-0.05, 0) is 55.0 Å². The number of aromatic nitrogens is 1. The summed E-state index contributed by atoms with van der Waals surface area (Å²) in [5.41, 5.74) is 1.98. The van der Waals surface area contributed by atoms with Crippen LogP contribution in [0.5, 0.6) is 0 Å². The van der Waals surface area contributed by atoms with Gasteiger partial charge in [-0.1, -0.05) is 63.0 Å². The molecule has 0 aliphatic carbocycles. The molecule has 4 rings (SSSR count). The first-order chi connectivity index (χ1) is 16.7. The van der Waals surface area contributed by atoms with E-state index in [0.717, 1.165) is 10.0 Å². The molecule has 0 saturated heterocycles. The Hall–Kier alpha value is -3.14. The summed E-state index contributed by atoms with van der Waals surface area (Å²) in [7, 11) is -3.84. The third-order valence-corrected chi connectivity index (χ3v) is 7.45. The molecule has 1 heterocycles. The predicted molar refractivity (Wildman–Crippen MR) is 139 cm³/mol. The lowest BCUT2D eigenvalue weighted by Gasteiger charge is -2.21. The van der Waals surface area contributed by atoms with Crippen LogP contribution in [-0.4, -0.2) is 19.4 Å². The van der Waals surface area contributed by atoms with Gasteiger partial charge in [-0.25, -0.2) is 8.42 Å². The van der Waals surface area contributed by atoms with Gasteiger partial charge in [-0.3, -0.25) is 9.52 Å². The zero-order valence-electron chi connectivity index (χ0n) is 18.5. The van der Waals surface area contributed by atoms with Crippen LogP contribution in [0.3, 0.4) is 0 Å². The lowest BCUT2D eigenvalue weighted by molar-refractivity contribution is 0.0976. The van der Waals surface area contributed by atoms with Crippen molar-refractivity contribution in [1.82, 2.24) is 5.16 Å². The molecule has 2 N–H and O–H groups in total. The molecule has 0 spiro atoms. The summed E-state index contributed by atoms with van der Waals surface area (Å²) in [6.07, 6.45) is 0.151. The summed E-state index contributed by atoms with van der Waals surface area (Å²) in [6, 6.07) is 21.7. The van der Waals surface area contributed by atoms with Crippen molar-refractivity contribution in [3.63, 3.8) is 0 Å². The Morgan fingerprint density at radius 1 is 1.06 bits per heavy atom. The standard InChI is InChI=1S/C25H21BrClN3O4S/c1-16-14-25(29-34-16)30-35(32,33)20-12-10-19(11-13-20)28-23(21-4-2-3-5-22(21)27)15-24(31)17-6-8-18(26)9-7-17/h2-14,23,28H,15H2,1H3,(H,29,30). The molecule has 0 aliphatic heterocycles. The third-order valence-electron chi connectivity index (χ3n) is 5.21. The maximum absolute atomic E-state index is 13.0. The van der Waals surface area contributed by atoms with Crippen molar-refractivity contribution in [2.24, 2.45) is 0 Å². The van der Waals surface area contributed by atoms with E-state index in [1.54, 1.807) is 37.3 Å². The fraction of sp³-hybridized carbons (Fsp3) is 0.120. The number of Topliss-reactive ketones (excluding diaryl/α,β-unsaturated/α-hetero) is 1. The summed E-state index contributed by atoms with van der Waals surface area (Å²) in [6.45, 7) is 1.67. The van der Waals surface area contributed by atoms with Gasteiger partial charge in [0.2, 0.25) is 0 Å². The van der Waals surface area contributed by atoms with Crippen LogP contribution in [-0.2, 0) is 10.0 Å². The normalized spacial score (nSPS) is 12.2. The van der Waals surface area contributed by atoms with Crippen LogP contribution in [0.25, 0.3) is 0 Å². The summed E-state index contributed by atoms with van der Waals surface area (Å²) in [4.78, 5) is 13.1. The summed E-state index contributed by atoms with van der Waals surface area (Å²) < 4.78 is 33.5. The number of nitrogens with one attached hydrogen (secondary N) is 2. The van der Waals surface area contributed by atoms with Crippen LogP contribution in [0.15, 0.2) is 92.8 Å². The average molecular weight is 575 g/mol. The van der Waals surface area contributed by atoms with Gasteiger partial charge in [0.25, 0.3) is 10.0 Å². The van der Waals surface area contributed by atoms with E-state index in [-0.39, 0.29) is 22.9 Å². The van der Waals surface area contributed by atoms with E-state index in [4.69, 9.17) is 16.1 Å². The number of rotatable bonds is 9. The van der Waals surface area contributed by atoms with E-state index in [1.807, 2.05) is 30.3 Å². The number of carbonyl (C=O) groups is 1. The van der Waals surface area contributed by atoms with Crippen molar-refractivity contribution in [2.45, 2.75) is 24.3 Å². The molecule has 4 aromatic rings. The molecular formula is C25H21BrClN3O4S. The van der Waals surface area contributed by atoms with Gasteiger partial charge in [-0.15, -0.1) is 0 Å². The van der Waals surface area contributed by atoms with E-state index in [9.17, 15) is 13.2 Å². The van der Waals surface area contributed by atoms with Gasteiger partial charge in [-0.2, -0.15) is 0 Å². The molecule has 1 unspecified atom stereocenters. The topological polar surface area (TPSA) is 101 Å². The Bertz CT molecular complexity index is 1440. The molecule has 180 valence electrons. The first-order valence-electron chi connectivity index (χ1n) is 10.6. The zero-order valence-corrected chi connectivity index (χ0v) is 21.7. The number of hydrogen-bond acceptors (Lipinski definition) is 6. The molecule has 7 nitrogen and oxygen atoms in total. The number of halogens is 2. The predicted octanol–water partition coefficient (Wildman–Crippen LogP) is 6.63. The first-order valence-corrected chi connectivity index (χ1v) is 13.2. The van der Waals surface area contributed by atoms with Crippen molar-refractivity contribution in [3.8, 4) is 0 Å². The largest absolute Gasteiger partial charge is 0.378 e. The van der Waals surface area contributed by atoms with Gasteiger partial charge in [0.1, 0.15) is 5.76 Å². The van der Waals surface area contributed by atoms with Crippen molar-refractivity contribution < 1.29 is 17.7 Å². The fourth-order valence-electron chi connectivity index (χ4n) is 3.48. The van der Waals surface area contributed by atoms with Crippen LogP contribution < -0.4 is 10.0 Å². The molecule has 0 amide bonds. The van der Waals surface area contributed by atoms with Crippen LogP contribution >= 0.6 is 27.5 Å². The van der Waals surface area contributed by atoms with E-state index in [2.05, 4.69) is 31.1 Å². The Morgan fingerprint density at radius 2 is 1.74 bits per heavy atom. The molecule has 0 radical (unpaired) electrons. The molecule has 0 fully saturated rings. The van der Waals surface area contributed by atoms with Gasteiger partial charge in [0, 0.05) is 33.2 Å². The molecule has 10 heteroatoms. The number of anilines is 2. The van der Waals surface area contributed by atoms with Gasteiger partial charge < -0.3 is 9.84 Å². The second kappa shape index (κ2) is 10.6.